The molecule has 0 heterocycles. The van der Waals surface area contributed by atoms with Crippen molar-refractivity contribution < 1.29 is 9.90 Å². The molecule has 1 aromatic rings. The molecule has 2 atom stereocenters. The highest BCUT2D eigenvalue weighted by Crippen LogP contribution is 2.30. The fraction of sp³-hybridized carbons (Fsp3) is 0.308. The van der Waals surface area contributed by atoms with Crippen molar-refractivity contribution in [3.05, 3.63) is 47.5 Å². The fourth-order valence-electron chi connectivity index (χ4n) is 2.10. The van der Waals surface area contributed by atoms with E-state index in [1.54, 1.807) is 13.0 Å². The Balaban J connectivity index is 2.19. The Hall–Kier alpha value is -1.61. The highest BCUT2D eigenvalue weighted by atomic mass is 16.3. The smallest absolute Gasteiger partial charge is 0.244 e. The van der Waals surface area contributed by atoms with Crippen LogP contribution in [0.4, 0.5) is 0 Å². The molecule has 0 saturated heterocycles. The van der Waals surface area contributed by atoms with Gasteiger partial charge in [-0.05, 0) is 24.1 Å². The first-order valence-corrected chi connectivity index (χ1v) is 5.41. The van der Waals surface area contributed by atoms with Crippen molar-refractivity contribution in [1.29, 1.82) is 0 Å². The third-order valence-electron chi connectivity index (χ3n) is 2.82. The summed E-state index contributed by atoms with van der Waals surface area (Å²) in [7, 11) is 0. The highest BCUT2D eigenvalue weighted by Gasteiger charge is 2.31. The summed E-state index contributed by atoms with van der Waals surface area (Å²) in [5.74, 6) is -0.164. The Labute approximate surface area is 94.8 Å². The molecule has 1 aliphatic carbocycles. The lowest BCUT2D eigenvalue weighted by atomic mass is 10.1. The minimum Gasteiger partial charge on any atom is -0.390 e. The topological polar surface area (TPSA) is 49.3 Å². The second-order valence-corrected chi connectivity index (χ2v) is 3.96. The molecule has 3 heteroatoms. The van der Waals surface area contributed by atoms with Crippen molar-refractivity contribution in [3.63, 3.8) is 0 Å². The zero-order valence-corrected chi connectivity index (χ0v) is 9.18. The monoisotopic (exact) mass is 217 g/mol. The predicted octanol–water partition coefficient (Wildman–Crippen LogP) is 1.34. The number of aliphatic hydroxyl groups excluding tert-OH is 1. The summed E-state index contributed by atoms with van der Waals surface area (Å²) < 4.78 is 0. The minimum absolute atomic E-state index is 0.164. The predicted molar refractivity (Wildman–Crippen MR) is 61.9 cm³/mol. The lowest BCUT2D eigenvalue weighted by Crippen LogP contribution is -2.32. The SMILES string of the molecule is CC=CC(=O)N[C@@H]1c2ccccc2C[C@@H]1O. The van der Waals surface area contributed by atoms with Gasteiger partial charge in [0.25, 0.3) is 0 Å². The number of hydrogen-bond acceptors (Lipinski definition) is 2. The van der Waals surface area contributed by atoms with Crippen LogP contribution in [0, 0.1) is 0 Å². The number of allylic oxidation sites excluding steroid dienone is 1. The van der Waals surface area contributed by atoms with Crippen molar-refractivity contribution in [2.45, 2.75) is 25.5 Å². The van der Waals surface area contributed by atoms with Crippen LogP contribution < -0.4 is 5.32 Å². The molecule has 0 unspecified atom stereocenters. The Morgan fingerprint density at radius 3 is 3.00 bits per heavy atom. The zero-order chi connectivity index (χ0) is 11.5. The van der Waals surface area contributed by atoms with Gasteiger partial charge in [0, 0.05) is 6.42 Å². The van der Waals surface area contributed by atoms with Gasteiger partial charge in [-0.3, -0.25) is 4.79 Å². The Morgan fingerprint density at radius 2 is 2.25 bits per heavy atom. The van der Waals surface area contributed by atoms with Crippen LogP contribution in [0.25, 0.3) is 0 Å². The number of rotatable bonds is 2. The molecule has 0 aliphatic heterocycles. The van der Waals surface area contributed by atoms with Crippen LogP contribution >= 0.6 is 0 Å². The molecule has 0 fully saturated rings. The summed E-state index contributed by atoms with van der Waals surface area (Å²) >= 11 is 0. The molecule has 0 radical (unpaired) electrons. The number of benzene rings is 1. The summed E-state index contributed by atoms with van der Waals surface area (Å²) in [5, 5.41) is 12.7. The van der Waals surface area contributed by atoms with Crippen molar-refractivity contribution in [2.75, 3.05) is 0 Å². The van der Waals surface area contributed by atoms with Gasteiger partial charge < -0.3 is 10.4 Å². The van der Waals surface area contributed by atoms with Gasteiger partial charge in [0.2, 0.25) is 5.91 Å². The van der Waals surface area contributed by atoms with E-state index in [9.17, 15) is 9.90 Å². The average molecular weight is 217 g/mol. The molecule has 16 heavy (non-hydrogen) atoms. The molecular formula is C13H15NO2. The molecule has 0 aromatic heterocycles. The van der Waals surface area contributed by atoms with Crippen molar-refractivity contribution in [3.8, 4) is 0 Å². The number of carbonyl (C=O) groups excluding carboxylic acids is 1. The van der Waals surface area contributed by atoms with Crippen LogP contribution in [0.2, 0.25) is 0 Å². The molecule has 84 valence electrons. The highest BCUT2D eigenvalue weighted by molar-refractivity contribution is 5.87. The van der Waals surface area contributed by atoms with Crippen LogP contribution in [0.15, 0.2) is 36.4 Å². The van der Waals surface area contributed by atoms with Gasteiger partial charge in [-0.15, -0.1) is 0 Å². The number of nitrogens with one attached hydrogen (secondary N) is 1. The molecule has 2 rings (SSSR count). The van der Waals surface area contributed by atoms with Gasteiger partial charge in [0.15, 0.2) is 0 Å². The van der Waals surface area contributed by atoms with E-state index in [0.717, 1.165) is 11.1 Å². The minimum atomic E-state index is -0.522. The van der Waals surface area contributed by atoms with Crippen LogP contribution in [0.1, 0.15) is 24.1 Å². The van der Waals surface area contributed by atoms with Gasteiger partial charge in [-0.25, -0.2) is 0 Å². The largest absolute Gasteiger partial charge is 0.390 e. The maximum absolute atomic E-state index is 11.4. The maximum Gasteiger partial charge on any atom is 0.244 e. The van der Waals surface area contributed by atoms with E-state index >= 15 is 0 Å². The summed E-state index contributed by atoms with van der Waals surface area (Å²) in [6.45, 7) is 1.79. The number of amides is 1. The van der Waals surface area contributed by atoms with Crippen molar-refractivity contribution >= 4 is 5.91 Å². The summed E-state index contributed by atoms with van der Waals surface area (Å²) in [4.78, 5) is 11.4. The first kappa shape index (κ1) is 10.9. The van der Waals surface area contributed by atoms with Gasteiger partial charge in [-0.1, -0.05) is 30.3 Å². The van der Waals surface area contributed by atoms with E-state index in [1.807, 2.05) is 24.3 Å². The third-order valence-corrected chi connectivity index (χ3v) is 2.82. The molecule has 1 amide bonds. The lowest BCUT2D eigenvalue weighted by Gasteiger charge is -2.16. The Bertz CT molecular complexity index is 426. The fourth-order valence-corrected chi connectivity index (χ4v) is 2.10. The first-order chi connectivity index (χ1) is 7.72. The standard InChI is InChI=1S/C13H15NO2/c1-2-5-12(16)14-13-10-7-4-3-6-9(10)8-11(13)15/h2-7,11,13,15H,8H2,1H3,(H,14,16)/t11-,13+/m0/s1. The Kier molecular flexibility index (Phi) is 3.06. The molecule has 0 spiro atoms. The van der Waals surface area contributed by atoms with E-state index in [2.05, 4.69) is 5.32 Å². The number of fused-ring (bicyclic) bond motifs is 1. The Morgan fingerprint density at radius 1 is 1.50 bits per heavy atom. The zero-order valence-electron chi connectivity index (χ0n) is 9.18. The number of carbonyl (C=O) groups is 1. The third kappa shape index (κ3) is 1.99. The number of hydrogen-bond donors (Lipinski definition) is 2. The van der Waals surface area contributed by atoms with Crippen molar-refractivity contribution in [2.24, 2.45) is 0 Å². The molecule has 1 aromatic carbocycles. The van der Waals surface area contributed by atoms with E-state index in [4.69, 9.17) is 0 Å². The van der Waals surface area contributed by atoms with Crippen molar-refractivity contribution in [1.82, 2.24) is 5.32 Å². The van der Waals surface area contributed by atoms with E-state index in [1.165, 1.54) is 6.08 Å². The normalized spacial score (nSPS) is 23.4. The van der Waals surface area contributed by atoms with E-state index in [-0.39, 0.29) is 11.9 Å². The number of aliphatic hydroxyl groups is 1. The molecular weight excluding hydrogens is 202 g/mol. The summed E-state index contributed by atoms with van der Waals surface area (Å²) in [5.41, 5.74) is 2.13. The van der Waals surface area contributed by atoms with E-state index < -0.39 is 6.10 Å². The molecule has 3 nitrogen and oxygen atoms in total. The average Bonchev–Trinajstić information content (AvgIpc) is 2.56. The summed E-state index contributed by atoms with van der Waals surface area (Å²) in [6.07, 6.45) is 3.24. The van der Waals surface area contributed by atoms with Gasteiger partial charge in [0.05, 0.1) is 12.1 Å². The van der Waals surface area contributed by atoms with E-state index in [0.29, 0.717) is 6.42 Å². The molecule has 0 saturated carbocycles. The quantitative estimate of drug-likeness (QED) is 0.734. The first-order valence-electron chi connectivity index (χ1n) is 5.41. The van der Waals surface area contributed by atoms with Crippen LogP contribution in [0.5, 0.6) is 0 Å². The van der Waals surface area contributed by atoms with Gasteiger partial charge >= 0.3 is 0 Å². The van der Waals surface area contributed by atoms with Crippen LogP contribution in [-0.2, 0) is 11.2 Å². The molecule has 2 N–H and O–H groups in total. The second-order valence-electron chi connectivity index (χ2n) is 3.96. The van der Waals surface area contributed by atoms with Crippen LogP contribution in [0.3, 0.4) is 0 Å². The second kappa shape index (κ2) is 4.49. The van der Waals surface area contributed by atoms with Crippen LogP contribution in [-0.4, -0.2) is 17.1 Å². The lowest BCUT2D eigenvalue weighted by molar-refractivity contribution is -0.118. The molecule has 0 bridgehead atoms. The molecule has 1 aliphatic rings. The van der Waals surface area contributed by atoms with Gasteiger partial charge in [-0.2, -0.15) is 0 Å². The summed E-state index contributed by atoms with van der Waals surface area (Å²) in [6, 6.07) is 7.53. The maximum atomic E-state index is 11.4. The van der Waals surface area contributed by atoms with Gasteiger partial charge in [0.1, 0.15) is 0 Å².